The molecule has 1 saturated carbocycles. The predicted octanol–water partition coefficient (Wildman–Crippen LogP) is 2.10. The van der Waals surface area contributed by atoms with Crippen LogP contribution >= 0.6 is 0 Å². The second-order valence-electron chi connectivity index (χ2n) is 4.98. The molecular formula is C15H16N2O3S. The summed E-state index contributed by atoms with van der Waals surface area (Å²) in [4.78, 5) is 4.07. The molecule has 1 aliphatic carbocycles. The zero-order chi connectivity index (χ0) is 14.7. The number of benzene rings is 1. The van der Waals surface area contributed by atoms with Crippen molar-refractivity contribution in [3.8, 4) is 5.88 Å². The number of ether oxygens (including phenoxy) is 1. The fourth-order valence-corrected chi connectivity index (χ4v) is 3.10. The number of nitrogens with one attached hydrogen (secondary N) is 1. The van der Waals surface area contributed by atoms with E-state index in [4.69, 9.17) is 4.74 Å². The van der Waals surface area contributed by atoms with Gasteiger partial charge in [-0.25, -0.2) is 18.1 Å². The topological polar surface area (TPSA) is 68.3 Å². The van der Waals surface area contributed by atoms with Gasteiger partial charge in [0, 0.05) is 12.1 Å². The monoisotopic (exact) mass is 304 g/mol. The zero-order valence-corrected chi connectivity index (χ0v) is 12.2. The minimum absolute atomic E-state index is 0.0000355. The van der Waals surface area contributed by atoms with E-state index in [1.807, 2.05) is 30.3 Å². The van der Waals surface area contributed by atoms with Crippen molar-refractivity contribution in [3.63, 3.8) is 0 Å². The molecule has 3 rings (SSSR count). The van der Waals surface area contributed by atoms with Crippen molar-refractivity contribution in [2.45, 2.75) is 30.5 Å². The van der Waals surface area contributed by atoms with Crippen molar-refractivity contribution in [1.82, 2.24) is 9.71 Å². The van der Waals surface area contributed by atoms with Crippen molar-refractivity contribution in [1.29, 1.82) is 0 Å². The van der Waals surface area contributed by atoms with E-state index in [1.165, 1.54) is 6.07 Å². The molecule has 5 nitrogen and oxygen atoms in total. The summed E-state index contributed by atoms with van der Waals surface area (Å²) in [5.74, 6) is 0.303. The SMILES string of the molecule is O=S(=O)(NC1CC1)c1cccc(OCc2ccccc2)n1. The van der Waals surface area contributed by atoms with Gasteiger partial charge in [-0.2, -0.15) is 0 Å². The lowest BCUT2D eigenvalue weighted by atomic mass is 10.2. The normalized spacial score (nSPS) is 14.9. The first-order chi connectivity index (χ1) is 10.1. The quantitative estimate of drug-likeness (QED) is 0.887. The lowest BCUT2D eigenvalue weighted by Gasteiger charge is -2.08. The molecule has 0 amide bonds. The fourth-order valence-electron chi connectivity index (χ4n) is 1.84. The molecule has 6 heteroatoms. The maximum absolute atomic E-state index is 12.1. The highest BCUT2D eigenvalue weighted by Gasteiger charge is 2.28. The number of hydrogen-bond acceptors (Lipinski definition) is 4. The summed E-state index contributed by atoms with van der Waals surface area (Å²) in [7, 11) is -3.54. The van der Waals surface area contributed by atoms with Gasteiger partial charge in [-0.05, 0) is 24.5 Å². The average Bonchev–Trinajstić information content (AvgIpc) is 3.30. The third-order valence-corrected chi connectivity index (χ3v) is 4.52. The van der Waals surface area contributed by atoms with Gasteiger partial charge in [0.1, 0.15) is 6.61 Å². The van der Waals surface area contributed by atoms with Gasteiger partial charge in [0.15, 0.2) is 5.03 Å². The van der Waals surface area contributed by atoms with Gasteiger partial charge >= 0.3 is 0 Å². The summed E-state index contributed by atoms with van der Waals surface area (Å²) >= 11 is 0. The molecule has 2 aromatic rings. The van der Waals surface area contributed by atoms with Crippen molar-refractivity contribution in [3.05, 3.63) is 54.1 Å². The van der Waals surface area contributed by atoms with E-state index < -0.39 is 10.0 Å². The molecule has 0 spiro atoms. The molecule has 21 heavy (non-hydrogen) atoms. The third-order valence-electron chi connectivity index (χ3n) is 3.10. The molecule has 1 aliphatic rings. The smallest absolute Gasteiger partial charge is 0.258 e. The van der Waals surface area contributed by atoms with Gasteiger partial charge in [0.2, 0.25) is 5.88 Å². The number of rotatable bonds is 6. The summed E-state index contributed by atoms with van der Waals surface area (Å²) in [6, 6.07) is 14.5. The van der Waals surface area contributed by atoms with Crippen LogP contribution in [0.5, 0.6) is 5.88 Å². The minimum Gasteiger partial charge on any atom is -0.473 e. The summed E-state index contributed by atoms with van der Waals surface area (Å²) in [5, 5.41) is -0.0000355. The molecule has 0 atom stereocenters. The highest BCUT2D eigenvalue weighted by atomic mass is 32.2. The molecule has 110 valence electrons. The molecule has 1 N–H and O–H groups in total. The molecule has 0 radical (unpaired) electrons. The highest BCUT2D eigenvalue weighted by Crippen LogP contribution is 2.22. The molecule has 1 fully saturated rings. The molecule has 0 aliphatic heterocycles. The minimum atomic E-state index is -3.54. The van der Waals surface area contributed by atoms with E-state index in [2.05, 4.69) is 9.71 Å². The van der Waals surface area contributed by atoms with Gasteiger partial charge in [-0.15, -0.1) is 0 Å². The summed E-state index contributed by atoms with van der Waals surface area (Å²) < 4.78 is 32.3. The Balaban J connectivity index is 1.71. The van der Waals surface area contributed by atoms with Crippen molar-refractivity contribution >= 4 is 10.0 Å². The first-order valence-electron chi connectivity index (χ1n) is 6.80. The maximum atomic E-state index is 12.1. The number of hydrogen-bond donors (Lipinski definition) is 1. The van der Waals surface area contributed by atoms with E-state index in [1.54, 1.807) is 12.1 Å². The summed E-state index contributed by atoms with van der Waals surface area (Å²) in [5.41, 5.74) is 1.00. The van der Waals surface area contributed by atoms with Crippen LogP contribution in [-0.2, 0) is 16.6 Å². The second kappa shape index (κ2) is 5.83. The van der Waals surface area contributed by atoms with Gasteiger partial charge in [-0.3, -0.25) is 0 Å². The molecule has 1 aromatic carbocycles. The van der Waals surface area contributed by atoms with Gasteiger partial charge in [0.25, 0.3) is 10.0 Å². The Bertz CT molecular complexity index is 713. The Hall–Kier alpha value is -1.92. The number of sulfonamides is 1. The van der Waals surface area contributed by atoms with Crippen LogP contribution in [0.3, 0.4) is 0 Å². The van der Waals surface area contributed by atoms with Crippen LogP contribution in [0.25, 0.3) is 0 Å². The number of nitrogens with zero attached hydrogens (tertiary/aromatic N) is 1. The molecule has 0 saturated heterocycles. The van der Waals surface area contributed by atoms with Gasteiger partial charge in [0.05, 0.1) is 0 Å². The molecule has 1 aromatic heterocycles. The average molecular weight is 304 g/mol. The molecule has 0 unspecified atom stereocenters. The van der Waals surface area contributed by atoms with E-state index in [0.29, 0.717) is 12.5 Å². The third kappa shape index (κ3) is 3.80. The van der Waals surface area contributed by atoms with Crippen molar-refractivity contribution in [2.24, 2.45) is 0 Å². The van der Waals surface area contributed by atoms with Crippen molar-refractivity contribution in [2.75, 3.05) is 0 Å². The van der Waals surface area contributed by atoms with E-state index in [9.17, 15) is 8.42 Å². The van der Waals surface area contributed by atoms with Crippen LogP contribution in [0.4, 0.5) is 0 Å². The van der Waals surface area contributed by atoms with E-state index in [-0.39, 0.29) is 11.1 Å². The first-order valence-corrected chi connectivity index (χ1v) is 8.28. The maximum Gasteiger partial charge on any atom is 0.258 e. The van der Waals surface area contributed by atoms with E-state index in [0.717, 1.165) is 18.4 Å². The number of pyridine rings is 1. The lowest BCUT2D eigenvalue weighted by molar-refractivity contribution is 0.291. The highest BCUT2D eigenvalue weighted by molar-refractivity contribution is 7.89. The predicted molar refractivity (Wildman–Crippen MR) is 78.4 cm³/mol. The Morgan fingerprint density at radius 3 is 2.57 bits per heavy atom. The fraction of sp³-hybridized carbons (Fsp3) is 0.267. The number of aromatic nitrogens is 1. The first kappa shape index (κ1) is 14.0. The Morgan fingerprint density at radius 1 is 1.10 bits per heavy atom. The van der Waals surface area contributed by atoms with Crippen LogP contribution in [0.1, 0.15) is 18.4 Å². The second-order valence-corrected chi connectivity index (χ2v) is 6.64. The Kier molecular flexibility index (Phi) is 3.90. The van der Waals surface area contributed by atoms with Crippen molar-refractivity contribution < 1.29 is 13.2 Å². The Morgan fingerprint density at radius 2 is 1.86 bits per heavy atom. The van der Waals surface area contributed by atoms with Crippen LogP contribution in [0.15, 0.2) is 53.6 Å². The largest absolute Gasteiger partial charge is 0.473 e. The Labute approximate surface area is 124 Å². The summed E-state index contributed by atoms with van der Waals surface area (Å²) in [6.07, 6.45) is 1.78. The van der Waals surface area contributed by atoms with Crippen LogP contribution in [-0.4, -0.2) is 19.4 Å². The molecular weight excluding hydrogens is 288 g/mol. The molecule has 1 heterocycles. The van der Waals surface area contributed by atoms with Gasteiger partial charge in [-0.1, -0.05) is 36.4 Å². The standard InChI is InChI=1S/C15H16N2O3S/c18-21(19,17-13-9-10-13)15-8-4-7-14(16-15)20-11-12-5-2-1-3-6-12/h1-8,13,17H,9-11H2. The van der Waals surface area contributed by atoms with Crippen LogP contribution in [0.2, 0.25) is 0 Å². The zero-order valence-electron chi connectivity index (χ0n) is 11.4. The summed E-state index contributed by atoms with van der Waals surface area (Å²) in [6.45, 7) is 0.355. The lowest BCUT2D eigenvalue weighted by Crippen LogP contribution is -2.26. The van der Waals surface area contributed by atoms with Crippen LogP contribution < -0.4 is 9.46 Å². The van der Waals surface area contributed by atoms with Gasteiger partial charge < -0.3 is 4.74 Å². The molecule has 0 bridgehead atoms. The van der Waals surface area contributed by atoms with Crippen LogP contribution in [0, 0.1) is 0 Å². The van der Waals surface area contributed by atoms with E-state index >= 15 is 0 Å².